The first kappa shape index (κ1) is 11.6. The average molecular weight is 192 g/mol. The van der Waals surface area contributed by atoms with Crippen LogP contribution in [0.1, 0.15) is 53.9 Å². The van der Waals surface area contributed by atoms with E-state index in [2.05, 4.69) is 46.8 Å². The molecule has 0 bridgehead atoms. The van der Waals surface area contributed by atoms with Crippen LogP contribution in [0.25, 0.3) is 0 Å². The second-order valence-corrected chi connectivity index (χ2v) is 5.32. The lowest BCUT2D eigenvalue weighted by Gasteiger charge is -2.37. The van der Waals surface area contributed by atoms with E-state index in [9.17, 15) is 0 Å². The third-order valence-electron chi connectivity index (χ3n) is 3.60. The van der Waals surface area contributed by atoms with E-state index >= 15 is 0 Å². The molecular weight excluding hydrogens is 168 g/mol. The highest BCUT2D eigenvalue weighted by atomic mass is 14.4. The molecule has 0 amide bonds. The minimum absolute atomic E-state index is 0.454. The first-order chi connectivity index (χ1) is 6.47. The van der Waals surface area contributed by atoms with E-state index in [1.165, 1.54) is 24.8 Å². The molecule has 0 unspecified atom stereocenters. The van der Waals surface area contributed by atoms with E-state index in [4.69, 9.17) is 0 Å². The summed E-state index contributed by atoms with van der Waals surface area (Å²) in [6.07, 6.45) is 8.65. The van der Waals surface area contributed by atoms with Gasteiger partial charge in [-0.3, -0.25) is 0 Å². The summed E-state index contributed by atoms with van der Waals surface area (Å²) in [6, 6.07) is 0. The number of rotatable bonds is 2. The van der Waals surface area contributed by atoms with E-state index in [1.54, 1.807) is 5.57 Å². The van der Waals surface area contributed by atoms with Crippen molar-refractivity contribution in [3.8, 4) is 0 Å². The molecule has 80 valence electrons. The van der Waals surface area contributed by atoms with Gasteiger partial charge in [0.2, 0.25) is 0 Å². The first-order valence-corrected chi connectivity index (χ1v) is 5.81. The molecule has 0 aromatic carbocycles. The molecule has 0 radical (unpaired) electrons. The van der Waals surface area contributed by atoms with Crippen LogP contribution in [0.4, 0.5) is 0 Å². The van der Waals surface area contributed by atoms with Crippen LogP contribution in [0.3, 0.4) is 0 Å². The van der Waals surface area contributed by atoms with Crippen LogP contribution in [0.15, 0.2) is 23.3 Å². The predicted molar refractivity (Wildman–Crippen MR) is 64.3 cm³/mol. The predicted octanol–water partition coefficient (Wildman–Crippen LogP) is 4.73. The fourth-order valence-corrected chi connectivity index (χ4v) is 2.33. The van der Waals surface area contributed by atoms with Crippen LogP contribution in [-0.2, 0) is 0 Å². The van der Waals surface area contributed by atoms with Gasteiger partial charge in [-0.2, -0.15) is 0 Å². The van der Waals surface area contributed by atoms with Crippen molar-refractivity contribution in [1.29, 1.82) is 0 Å². The van der Waals surface area contributed by atoms with E-state index in [0.29, 0.717) is 11.3 Å². The van der Waals surface area contributed by atoms with Crippen molar-refractivity contribution in [2.45, 2.75) is 53.9 Å². The average Bonchev–Trinajstić information content (AvgIpc) is 2.11. The van der Waals surface area contributed by atoms with Gasteiger partial charge in [0.25, 0.3) is 0 Å². The molecule has 1 atom stereocenters. The summed E-state index contributed by atoms with van der Waals surface area (Å²) in [7, 11) is 0. The molecule has 0 saturated carbocycles. The Morgan fingerprint density at radius 2 is 2.21 bits per heavy atom. The molecule has 0 aromatic heterocycles. The van der Waals surface area contributed by atoms with Crippen LogP contribution in [0.5, 0.6) is 0 Å². The molecule has 0 spiro atoms. The monoisotopic (exact) mass is 192 g/mol. The first-order valence-electron chi connectivity index (χ1n) is 5.81. The second-order valence-electron chi connectivity index (χ2n) is 5.32. The fourth-order valence-electron chi connectivity index (χ4n) is 2.33. The van der Waals surface area contributed by atoms with E-state index in [0.717, 1.165) is 0 Å². The largest absolute Gasteiger partial charge is 0.0850 e. The third-order valence-corrected chi connectivity index (χ3v) is 3.60. The smallest absolute Gasteiger partial charge is 0.00279 e. The Morgan fingerprint density at radius 3 is 2.71 bits per heavy atom. The Morgan fingerprint density at radius 1 is 1.57 bits per heavy atom. The lowest BCUT2D eigenvalue weighted by atomic mass is 9.68. The Hall–Kier alpha value is -0.520. The molecule has 0 aliphatic heterocycles. The van der Waals surface area contributed by atoms with Crippen molar-refractivity contribution in [2.24, 2.45) is 11.3 Å². The van der Waals surface area contributed by atoms with Crippen molar-refractivity contribution in [1.82, 2.24) is 0 Å². The van der Waals surface area contributed by atoms with Gasteiger partial charge < -0.3 is 0 Å². The van der Waals surface area contributed by atoms with Crippen LogP contribution < -0.4 is 0 Å². The Labute approximate surface area is 89.1 Å². The summed E-state index contributed by atoms with van der Waals surface area (Å²) >= 11 is 0. The van der Waals surface area contributed by atoms with E-state index < -0.39 is 0 Å². The van der Waals surface area contributed by atoms with Crippen molar-refractivity contribution in [3.63, 3.8) is 0 Å². The van der Waals surface area contributed by atoms with Gasteiger partial charge in [0, 0.05) is 5.92 Å². The Kier molecular flexibility index (Phi) is 3.58. The highest BCUT2D eigenvalue weighted by molar-refractivity contribution is 5.20. The molecule has 1 aliphatic carbocycles. The summed E-state index contributed by atoms with van der Waals surface area (Å²) in [5, 5.41) is 0. The fraction of sp³-hybridized carbons (Fsp3) is 0.714. The SMILES string of the molecule is CC/C(C)=C/[C@H]1C(C)=CCCC1(C)C. The molecule has 0 fully saturated rings. The van der Waals surface area contributed by atoms with Gasteiger partial charge in [-0.25, -0.2) is 0 Å². The number of hydrogen-bond acceptors (Lipinski definition) is 0. The van der Waals surface area contributed by atoms with E-state index in [1.807, 2.05) is 0 Å². The van der Waals surface area contributed by atoms with Crippen molar-refractivity contribution in [2.75, 3.05) is 0 Å². The van der Waals surface area contributed by atoms with Crippen molar-refractivity contribution in [3.05, 3.63) is 23.3 Å². The zero-order chi connectivity index (χ0) is 10.8. The molecule has 0 nitrogen and oxygen atoms in total. The molecule has 14 heavy (non-hydrogen) atoms. The highest BCUT2D eigenvalue weighted by Gasteiger charge is 2.30. The zero-order valence-electron chi connectivity index (χ0n) is 10.4. The van der Waals surface area contributed by atoms with E-state index in [-0.39, 0.29) is 0 Å². The molecular formula is C14H24. The van der Waals surface area contributed by atoms with Crippen LogP contribution in [-0.4, -0.2) is 0 Å². The molecule has 0 heteroatoms. The molecule has 1 rings (SSSR count). The molecule has 1 aliphatic rings. The standard InChI is InChI=1S/C14H24/c1-6-11(2)10-13-12(3)8-7-9-14(13,4)5/h8,10,13H,6-7,9H2,1-5H3/b11-10+/t13-/m0/s1. The lowest BCUT2D eigenvalue weighted by molar-refractivity contribution is 0.254. The summed E-state index contributed by atoms with van der Waals surface area (Å²) < 4.78 is 0. The highest BCUT2D eigenvalue weighted by Crippen LogP contribution is 2.42. The van der Waals surface area contributed by atoms with Gasteiger partial charge in [0.05, 0.1) is 0 Å². The summed E-state index contributed by atoms with van der Waals surface area (Å²) in [5.41, 5.74) is 3.54. The molecule has 0 saturated heterocycles. The van der Waals surface area contributed by atoms with Crippen molar-refractivity contribution >= 4 is 0 Å². The zero-order valence-corrected chi connectivity index (χ0v) is 10.4. The van der Waals surface area contributed by atoms with Gasteiger partial charge in [-0.05, 0) is 38.5 Å². The van der Waals surface area contributed by atoms with Crippen LogP contribution in [0, 0.1) is 11.3 Å². The van der Waals surface area contributed by atoms with Gasteiger partial charge in [-0.1, -0.05) is 44.1 Å². The summed E-state index contributed by atoms with van der Waals surface area (Å²) in [5.74, 6) is 0.663. The summed E-state index contributed by atoms with van der Waals surface area (Å²) in [6.45, 7) is 11.6. The second kappa shape index (κ2) is 4.33. The maximum Gasteiger partial charge on any atom is 0.00279 e. The lowest BCUT2D eigenvalue weighted by Crippen LogP contribution is -2.26. The Balaban J connectivity index is 2.92. The van der Waals surface area contributed by atoms with Gasteiger partial charge in [0.1, 0.15) is 0 Å². The Bertz CT molecular complexity index is 253. The third kappa shape index (κ3) is 2.50. The maximum absolute atomic E-state index is 2.48. The minimum Gasteiger partial charge on any atom is -0.0850 e. The van der Waals surface area contributed by atoms with Gasteiger partial charge in [-0.15, -0.1) is 0 Å². The quantitative estimate of drug-likeness (QED) is 0.555. The van der Waals surface area contributed by atoms with Gasteiger partial charge in [0.15, 0.2) is 0 Å². The molecule has 0 heterocycles. The normalized spacial score (nSPS) is 27.4. The number of allylic oxidation sites excluding steroid dienone is 4. The van der Waals surface area contributed by atoms with Crippen LogP contribution in [0.2, 0.25) is 0 Å². The maximum atomic E-state index is 2.48. The van der Waals surface area contributed by atoms with Crippen LogP contribution >= 0.6 is 0 Å². The number of hydrogen-bond donors (Lipinski definition) is 0. The van der Waals surface area contributed by atoms with Gasteiger partial charge >= 0.3 is 0 Å². The summed E-state index contributed by atoms with van der Waals surface area (Å²) in [4.78, 5) is 0. The minimum atomic E-state index is 0.454. The topological polar surface area (TPSA) is 0 Å². The van der Waals surface area contributed by atoms with Crippen molar-refractivity contribution < 1.29 is 0 Å². The molecule has 0 N–H and O–H groups in total. The molecule has 0 aromatic rings.